The molecule has 0 aliphatic carbocycles. The molecule has 0 unspecified atom stereocenters. The molecule has 0 spiro atoms. The Morgan fingerprint density at radius 1 is 1.42 bits per heavy atom. The van der Waals surface area contributed by atoms with Crippen LogP contribution < -0.4 is 0 Å². The summed E-state index contributed by atoms with van der Waals surface area (Å²) in [5, 5.41) is 29.0. The third-order valence-corrected chi connectivity index (χ3v) is 5.19. The fourth-order valence-electron chi connectivity index (χ4n) is 1.74. The van der Waals surface area contributed by atoms with E-state index in [1.54, 1.807) is 6.07 Å². The number of phenols is 2. The number of nitrogens with zero attached hydrogens (tertiary/aromatic N) is 2. The summed E-state index contributed by atoms with van der Waals surface area (Å²) in [4.78, 5) is 4.22. The molecule has 19 heavy (non-hydrogen) atoms. The highest BCUT2D eigenvalue weighted by molar-refractivity contribution is 8.24. The summed E-state index contributed by atoms with van der Waals surface area (Å²) in [7, 11) is 0. The van der Waals surface area contributed by atoms with Gasteiger partial charge in [0.2, 0.25) is 0 Å². The van der Waals surface area contributed by atoms with Crippen molar-refractivity contribution in [2.45, 2.75) is 29.6 Å². The summed E-state index contributed by atoms with van der Waals surface area (Å²) in [6, 6.07) is 3.38. The van der Waals surface area contributed by atoms with Gasteiger partial charge in [0.25, 0.3) is 5.70 Å². The average molecular weight is 290 g/mol. The monoisotopic (exact) mass is 290 g/mol. The second-order valence-corrected chi connectivity index (χ2v) is 6.18. The van der Waals surface area contributed by atoms with E-state index in [1.165, 1.54) is 11.8 Å². The molecule has 0 amide bonds. The van der Waals surface area contributed by atoms with Crippen LogP contribution in [0.3, 0.4) is 0 Å². The number of hydrogen-bond donors (Lipinski definition) is 2. The predicted molar refractivity (Wildman–Crippen MR) is 74.7 cm³/mol. The van der Waals surface area contributed by atoms with Gasteiger partial charge in [0.1, 0.15) is 11.5 Å². The second-order valence-electron chi connectivity index (χ2n) is 3.88. The molecule has 0 saturated carbocycles. The van der Waals surface area contributed by atoms with Crippen LogP contribution in [0.5, 0.6) is 11.5 Å². The first-order chi connectivity index (χ1) is 9.12. The van der Waals surface area contributed by atoms with Crippen molar-refractivity contribution in [2.75, 3.05) is 0 Å². The highest BCUT2D eigenvalue weighted by atomic mass is 32.2. The minimum absolute atomic E-state index is 0.0120. The summed E-state index contributed by atoms with van der Waals surface area (Å²) in [5.41, 5.74) is 0.677. The van der Waals surface area contributed by atoms with E-state index in [4.69, 9.17) is 11.8 Å². The van der Waals surface area contributed by atoms with Gasteiger partial charge in [-0.05, 0) is 18.1 Å². The van der Waals surface area contributed by atoms with Crippen LogP contribution in [0.2, 0.25) is 0 Å². The summed E-state index contributed by atoms with van der Waals surface area (Å²) < 4.78 is 0.506. The number of allylic oxidation sites excluding steroid dienone is 1. The molecule has 0 aromatic heterocycles. The third kappa shape index (κ3) is 2.37. The summed E-state index contributed by atoms with van der Waals surface area (Å²) in [5.74, 6) is 0.232. The van der Waals surface area contributed by atoms with Gasteiger partial charge >= 0.3 is 0 Å². The molecular formula is C13H10N2O2S2. The molecule has 0 bridgehead atoms. The Morgan fingerprint density at radius 3 is 2.68 bits per heavy atom. The molecule has 1 aliphatic rings. The zero-order valence-corrected chi connectivity index (χ0v) is 11.7. The van der Waals surface area contributed by atoms with Crippen molar-refractivity contribution in [1.29, 1.82) is 5.26 Å². The maximum Gasteiger partial charge on any atom is 0.282 e. The van der Waals surface area contributed by atoms with Crippen LogP contribution in [0.1, 0.15) is 18.9 Å². The Labute approximate surface area is 119 Å². The number of fused-ring (bicyclic) bond motifs is 1. The predicted octanol–water partition coefficient (Wildman–Crippen LogP) is 3.86. The quantitative estimate of drug-likeness (QED) is 0.492. The zero-order valence-electron chi connectivity index (χ0n) is 10.1. The standard InChI is InChI=1S/C13H10N2O2S2/c1-3-4-7-5-9(16)11-12(10(7)17)19-13(18-11)8(6-14)15-2/h5,16-17H,3-4H2,1H3/b13-8+. The Bertz CT molecular complexity index is 638. The number of hydrogen-bond acceptors (Lipinski definition) is 5. The highest BCUT2D eigenvalue weighted by Crippen LogP contribution is 2.59. The van der Waals surface area contributed by atoms with Gasteiger partial charge in [0.15, 0.2) is 0 Å². The SMILES string of the molecule is [C-]#[N+]/C(C#N)=C1\Sc2c(O)cc(CCC)c(O)c2S1. The number of benzene rings is 1. The van der Waals surface area contributed by atoms with Crippen LogP contribution in [-0.2, 0) is 6.42 Å². The number of rotatable bonds is 2. The number of phenolic OH excluding ortho intramolecular Hbond substituents is 2. The summed E-state index contributed by atoms with van der Waals surface area (Å²) in [6.07, 6.45) is 1.53. The fourth-order valence-corrected chi connectivity index (χ4v) is 4.18. The average Bonchev–Trinajstić information content (AvgIpc) is 2.83. The maximum absolute atomic E-state index is 10.2. The minimum atomic E-state index is -0.0120. The smallest absolute Gasteiger partial charge is 0.282 e. The van der Waals surface area contributed by atoms with E-state index in [0.717, 1.165) is 18.2 Å². The molecule has 0 fully saturated rings. The van der Waals surface area contributed by atoms with Gasteiger partial charge in [0.05, 0.1) is 26.7 Å². The highest BCUT2D eigenvalue weighted by Gasteiger charge is 2.28. The summed E-state index contributed by atoms with van der Waals surface area (Å²) >= 11 is 2.33. The maximum atomic E-state index is 10.2. The molecule has 1 aromatic rings. The lowest BCUT2D eigenvalue weighted by Crippen LogP contribution is -1.87. The van der Waals surface area contributed by atoms with E-state index in [0.29, 0.717) is 26.0 Å². The largest absolute Gasteiger partial charge is 0.507 e. The molecule has 4 nitrogen and oxygen atoms in total. The molecule has 1 aliphatic heterocycles. The number of nitriles is 1. The molecule has 1 heterocycles. The Kier molecular flexibility index (Phi) is 3.94. The van der Waals surface area contributed by atoms with Crippen molar-refractivity contribution >= 4 is 23.5 Å². The first kappa shape index (κ1) is 13.7. The van der Waals surface area contributed by atoms with E-state index in [2.05, 4.69) is 4.85 Å². The van der Waals surface area contributed by atoms with Crippen LogP contribution in [0.4, 0.5) is 0 Å². The van der Waals surface area contributed by atoms with E-state index in [-0.39, 0.29) is 17.2 Å². The molecule has 0 atom stereocenters. The number of aromatic hydroxyl groups is 2. The van der Waals surface area contributed by atoms with Crippen LogP contribution in [0.25, 0.3) is 4.85 Å². The molecule has 6 heteroatoms. The molecule has 2 rings (SSSR count). The van der Waals surface area contributed by atoms with E-state index in [1.807, 2.05) is 13.0 Å². The van der Waals surface area contributed by atoms with Crippen molar-refractivity contribution in [2.24, 2.45) is 0 Å². The minimum Gasteiger partial charge on any atom is -0.507 e. The van der Waals surface area contributed by atoms with Gasteiger partial charge in [-0.3, -0.25) is 0 Å². The second kappa shape index (κ2) is 5.48. The summed E-state index contributed by atoms with van der Waals surface area (Å²) in [6.45, 7) is 8.93. The van der Waals surface area contributed by atoms with Crippen LogP contribution >= 0.6 is 23.5 Å². The molecule has 96 valence electrons. The van der Waals surface area contributed by atoms with Crippen molar-refractivity contribution < 1.29 is 10.2 Å². The zero-order chi connectivity index (χ0) is 14.0. The van der Waals surface area contributed by atoms with Crippen LogP contribution in [0, 0.1) is 17.9 Å². The van der Waals surface area contributed by atoms with Crippen molar-refractivity contribution in [1.82, 2.24) is 0 Å². The molecule has 0 radical (unpaired) electrons. The van der Waals surface area contributed by atoms with Crippen LogP contribution in [-0.4, -0.2) is 10.2 Å². The molecular weight excluding hydrogens is 280 g/mol. The normalized spacial score (nSPS) is 15.5. The topological polar surface area (TPSA) is 68.6 Å². The Morgan fingerprint density at radius 2 is 2.11 bits per heavy atom. The van der Waals surface area contributed by atoms with Gasteiger partial charge in [-0.25, -0.2) is 10.1 Å². The van der Waals surface area contributed by atoms with Crippen molar-refractivity contribution in [3.8, 4) is 17.6 Å². The van der Waals surface area contributed by atoms with Gasteiger partial charge in [-0.1, -0.05) is 36.9 Å². The lowest BCUT2D eigenvalue weighted by molar-refractivity contribution is 0.430. The Hall–Kier alpha value is -1.76. The van der Waals surface area contributed by atoms with Crippen molar-refractivity contribution in [3.05, 3.63) is 33.0 Å². The first-order valence-corrected chi connectivity index (χ1v) is 7.21. The lowest BCUT2D eigenvalue weighted by atomic mass is 10.1. The van der Waals surface area contributed by atoms with E-state index in [9.17, 15) is 10.2 Å². The molecule has 2 N–H and O–H groups in total. The van der Waals surface area contributed by atoms with E-state index < -0.39 is 0 Å². The van der Waals surface area contributed by atoms with Gasteiger partial charge in [-0.2, -0.15) is 0 Å². The number of thioether (sulfide) groups is 2. The van der Waals surface area contributed by atoms with Gasteiger partial charge < -0.3 is 10.2 Å². The van der Waals surface area contributed by atoms with Crippen molar-refractivity contribution in [3.63, 3.8) is 0 Å². The fraction of sp³-hybridized carbons (Fsp3) is 0.231. The van der Waals surface area contributed by atoms with Gasteiger partial charge in [0, 0.05) is 0 Å². The van der Waals surface area contributed by atoms with E-state index >= 15 is 0 Å². The first-order valence-electron chi connectivity index (χ1n) is 5.57. The third-order valence-electron chi connectivity index (χ3n) is 2.59. The van der Waals surface area contributed by atoms with Crippen LogP contribution in [0.15, 0.2) is 25.8 Å². The number of aryl methyl sites for hydroxylation is 1. The lowest BCUT2D eigenvalue weighted by Gasteiger charge is -2.08. The van der Waals surface area contributed by atoms with Gasteiger partial charge in [-0.15, -0.1) is 0 Å². The Balaban J connectivity index is 2.53. The molecule has 1 aromatic carbocycles. The molecule has 0 saturated heterocycles.